The molecule has 25 heavy (non-hydrogen) atoms. The molecule has 0 unspecified atom stereocenters. The lowest BCUT2D eigenvalue weighted by atomic mass is 10.0. The van der Waals surface area contributed by atoms with Gasteiger partial charge in [0.05, 0.1) is 12.1 Å². The maximum absolute atomic E-state index is 12.6. The molecule has 7 nitrogen and oxygen atoms in total. The quantitative estimate of drug-likeness (QED) is 0.851. The molecule has 2 saturated heterocycles. The Labute approximate surface area is 149 Å². The average molecular weight is 347 g/mol. The Morgan fingerprint density at radius 1 is 1.36 bits per heavy atom. The molecule has 0 bridgehead atoms. The van der Waals surface area contributed by atoms with Gasteiger partial charge in [-0.1, -0.05) is 6.92 Å². The van der Waals surface area contributed by atoms with Crippen LogP contribution in [-0.4, -0.2) is 72.8 Å². The van der Waals surface area contributed by atoms with Crippen LogP contribution in [-0.2, 0) is 16.0 Å². The van der Waals surface area contributed by atoms with Crippen LogP contribution in [0, 0.1) is 0 Å². The number of rotatable bonds is 5. The molecule has 7 heteroatoms. The van der Waals surface area contributed by atoms with Crippen LogP contribution in [0.3, 0.4) is 0 Å². The number of aryl methyl sites for hydroxylation is 1. The number of ether oxygens (including phenoxy) is 1. The largest absolute Gasteiger partial charge is 0.380 e. The molecule has 1 aromatic heterocycles. The molecule has 1 N–H and O–H groups in total. The third kappa shape index (κ3) is 4.27. The van der Waals surface area contributed by atoms with Gasteiger partial charge in [0.15, 0.2) is 0 Å². The fourth-order valence-corrected chi connectivity index (χ4v) is 3.73. The molecule has 138 valence electrons. The SMILES string of the molecule is CCc1cc(N2CCC(NC(=O)[C@@H]3C[C@H](OC)CN3C)CC2)ncn1. The zero-order valence-electron chi connectivity index (χ0n) is 15.4. The highest BCUT2D eigenvalue weighted by molar-refractivity contribution is 5.82. The number of carbonyl (C=O) groups excluding carboxylic acids is 1. The van der Waals surface area contributed by atoms with E-state index < -0.39 is 0 Å². The van der Waals surface area contributed by atoms with Gasteiger partial charge >= 0.3 is 0 Å². The van der Waals surface area contributed by atoms with Crippen molar-refractivity contribution in [3.63, 3.8) is 0 Å². The van der Waals surface area contributed by atoms with E-state index in [-0.39, 0.29) is 24.1 Å². The van der Waals surface area contributed by atoms with Crippen LogP contribution in [0.1, 0.15) is 31.9 Å². The highest BCUT2D eigenvalue weighted by Crippen LogP contribution is 2.21. The van der Waals surface area contributed by atoms with Crippen LogP contribution >= 0.6 is 0 Å². The van der Waals surface area contributed by atoms with Crippen LogP contribution in [0.15, 0.2) is 12.4 Å². The zero-order valence-corrected chi connectivity index (χ0v) is 15.4. The summed E-state index contributed by atoms with van der Waals surface area (Å²) in [5, 5.41) is 3.23. The van der Waals surface area contributed by atoms with E-state index in [9.17, 15) is 4.79 Å². The third-order valence-corrected chi connectivity index (χ3v) is 5.38. The molecule has 0 saturated carbocycles. The maximum Gasteiger partial charge on any atom is 0.237 e. The molecule has 1 aromatic rings. The Bertz CT molecular complexity index is 589. The smallest absolute Gasteiger partial charge is 0.237 e. The molecule has 0 spiro atoms. The third-order valence-electron chi connectivity index (χ3n) is 5.38. The molecule has 2 atom stereocenters. The fourth-order valence-electron chi connectivity index (χ4n) is 3.73. The number of aromatic nitrogens is 2. The predicted octanol–water partition coefficient (Wildman–Crippen LogP) is 0.843. The second kappa shape index (κ2) is 8.10. The molecule has 2 aliphatic rings. The van der Waals surface area contributed by atoms with Gasteiger partial charge in [-0.15, -0.1) is 0 Å². The number of piperidine rings is 1. The van der Waals surface area contributed by atoms with Crippen molar-refractivity contribution in [1.82, 2.24) is 20.2 Å². The number of nitrogens with zero attached hydrogens (tertiary/aromatic N) is 4. The Morgan fingerprint density at radius 2 is 2.12 bits per heavy atom. The molecule has 0 aromatic carbocycles. The highest BCUT2D eigenvalue weighted by atomic mass is 16.5. The molecular formula is C18H29N5O2. The summed E-state index contributed by atoms with van der Waals surface area (Å²) < 4.78 is 5.39. The van der Waals surface area contributed by atoms with Crippen molar-refractivity contribution in [2.75, 3.05) is 38.7 Å². The second-order valence-electron chi connectivity index (χ2n) is 7.04. The van der Waals surface area contributed by atoms with Gasteiger partial charge in [-0.2, -0.15) is 0 Å². The topological polar surface area (TPSA) is 70.6 Å². The standard InChI is InChI=1S/C18H29N5O2/c1-4-13-9-17(20-12-19-13)23-7-5-14(6-8-23)21-18(24)16-10-15(25-3)11-22(16)2/h9,12,14-16H,4-8,10-11H2,1-3H3,(H,21,24)/t15-,16-/m0/s1. The van der Waals surface area contributed by atoms with E-state index in [0.29, 0.717) is 0 Å². The summed E-state index contributed by atoms with van der Waals surface area (Å²) in [6.07, 6.45) is 5.39. The van der Waals surface area contributed by atoms with Gasteiger partial charge in [0.25, 0.3) is 0 Å². The number of likely N-dealkylation sites (N-methyl/N-ethyl adjacent to an activating group) is 1. The van der Waals surface area contributed by atoms with E-state index >= 15 is 0 Å². The van der Waals surface area contributed by atoms with Crippen LogP contribution in [0.5, 0.6) is 0 Å². The summed E-state index contributed by atoms with van der Waals surface area (Å²) in [7, 11) is 3.71. The monoisotopic (exact) mass is 347 g/mol. The van der Waals surface area contributed by atoms with Crippen molar-refractivity contribution in [2.45, 2.75) is 50.8 Å². The minimum absolute atomic E-state index is 0.0723. The first-order chi connectivity index (χ1) is 12.1. The molecule has 0 radical (unpaired) electrons. The first-order valence-electron chi connectivity index (χ1n) is 9.20. The zero-order chi connectivity index (χ0) is 17.8. The Morgan fingerprint density at radius 3 is 2.76 bits per heavy atom. The van der Waals surface area contributed by atoms with Crippen molar-refractivity contribution in [3.05, 3.63) is 18.1 Å². The molecule has 0 aliphatic carbocycles. The number of nitrogens with one attached hydrogen (secondary N) is 1. The van der Waals surface area contributed by atoms with E-state index in [0.717, 1.165) is 56.8 Å². The van der Waals surface area contributed by atoms with E-state index in [1.807, 2.05) is 7.05 Å². The van der Waals surface area contributed by atoms with Crippen molar-refractivity contribution in [3.8, 4) is 0 Å². The number of anilines is 1. The average Bonchev–Trinajstić information content (AvgIpc) is 3.03. The summed E-state index contributed by atoms with van der Waals surface area (Å²) in [6.45, 7) is 4.74. The fraction of sp³-hybridized carbons (Fsp3) is 0.722. The summed E-state index contributed by atoms with van der Waals surface area (Å²) in [5.74, 6) is 1.13. The maximum atomic E-state index is 12.6. The lowest BCUT2D eigenvalue weighted by Crippen LogP contribution is -2.49. The summed E-state index contributed by atoms with van der Waals surface area (Å²) >= 11 is 0. The van der Waals surface area contributed by atoms with Gasteiger partial charge in [0.1, 0.15) is 12.1 Å². The van der Waals surface area contributed by atoms with Gasteiger partial charge in [-0.3, -0.25) is 9.69 Å². The molecule has 3 rings (SSSR count). The van der Waals surface area contributed by atoms with Crippen molar-refractivity contribution in [1.29, 1.82) is 0 Å². The first-order valence-corrected chi connectivity index (χ1v) is 9.20. The first kappa shape index (κ1) is 18.1. The Balaban J connectivity index is 1.50. The molecule has 2 fully saturated rings. The summed E-state index contributed by atoms with van der Waals surface area (Å²) in [4.78, 5) is 25.6. The van der Waals surface area contributed by atoms with Crippen molar-refractivity contribution >= 4 is 11.7 Å². The highest BCUT2D eigenvalue weighted by Gasteiger charge is 2.35. The molecular weight excluding hydrogens is 318 g/mol. The van der Waals surface area contributed by atoms with Crippen molar-refractivity contribution in [2.24, 2.45) is 0 Å². The van der Waals surface area contributed by atoms with Crippen LogP contribution in [0.2, 0.25) is 0 Å². The van der Waals surface area contributed by atoms with Crippen LogP contribution in [0.4, 0.5) is 5.82 Å². The van der Waals surface area contributed by atoms with Gasteiger partial charge in [-0.05, 0) is 32.7 Å². The number of hydrogen-bond donors (Lipinski definition) is 1. The Kier molecular flexibility index (Phi) is 5.86. The van der Waals surface area contributed by atoms with E-state index in [1.165, 1.54) is 0 Å². The summed E-state index contributed by atoms with van der Waals surface area (Å²) in [5.41, 5.74) is 1.07. The minimum Gasteiger partial charge on any atom is -0.380 e. The van der Waals surface area contributed by atoms with Gasteiger partial charge in [0.2, 0.25) is 5.91 Å². The normalized spacial score (nSPS) is 25.3. The number of hydrogen-bond acceptors (Lipinski definition) is 6. The Hall–Kier alpha value is -1.73. The minimum atomic E-state index is -0.0723. The van der Waals surface area contributed by atoms with Gasteiger partial charge in [-0.25, -0.2) is 9.97 Å². The molecule has 1 amide bonds. The second-order valence-corrected chi connectivity index (χ2v) is 7.04. The van der Waals surface area contributed by atoms with Crippen LogP contribution < -0.4 is 10.2 Å². The van der Waals surface area contributed by atoms with Gasteiger partial charge < -0.3 is 15.0 Å². The molecule has 2 aliphatic heterocycles. The van der Waals surface area contributed by atoms with E-state index in [2.05, 4.69) is 38.1 Å². The van der Waals surface area contributed by atoms with Gasteiger partial charge in [0, 0.05) is 44.5 Å². The number of methoxy groups -OCH3 is 1. The van der Waals surface area contributed by atoms with E-state index in [1.54, 1.807) is 13.4 Å². The lowest BCUT2D eigenvalue weighted by Gasteiger charge is -2.34. The molecule has 3 heterocycles. The van der Waals surface area contributed by atoms with E-state index in [4.69, 9.17) is 4.74 Å². The summed E-state index contributed by atoms with van der Waals surface area (Å²) in [6, 6.07) is 2.24. The number of amides is 1. The predicted molar refractivity (Wildman–Crippen MR) is 96.6 cm³/mol. The number of carbonyl (C=O) groups is 1. The van der Waals surface area contributed by atoms with Crippen LogP contribution in [0.25, 0.3) is 0 Å². The number of likely N-dealkylation sites (tertiary alicyclic amines) is 1. The lowest BCUT2D eigenvalue weighted by molar-refractivity contribution is -0.126. The van der Waals surface area contributed by atoms with Crippen molar-refractivity contribution < 1.29 is 9.53 Å².